The lowest BCUT2D eigenvalue weighted by atomic mass is 10.0. The van der Waals surface area contributed by atoms with Gasteiger partial charge in [-0.25, -0.2) is 0 Å². The standard InChI is InChI=1S/C25H32ClF3N4/c1-19-17-33(22-6-4-21(26)5-7-22)15-14-32(19)18-20-16-23(8-9-24(20)25(27,28)29)31-11-3-10-30(2)12-13-31/h4-9,16,19H,3,10-15,17-18H2,1-2H3. The maximum absolute atomic E-state index is 13.8. The first kappa shape index (κ1) is 24.2. The van der Waals surface area contributed by atoms with Crippen molar-refractivity contribution in [2.45, 2.75) is 32.1 Å². The maximum Gasteiger partial charge on any atom is 0.416 e. The zero-order valence-corrected chi connectivity index (χ0v) is 20.0. The summed E-state index contributed by atoms with van der Waals surface area (Å²) in [5, 5.41) is 0.695. The molecule has 2 aliphatic heterocycles. The van der Waals surface area contributed by atoms with Crippen molar-refractivity contribution in [1.82, 2.24) is 9.80 Å². The van der Waals surface area contributed by atoms with Gasteiger partial charge in [-0.1, -0.05) is 11.6 Å². The molecule has 180 valence electrons. The largest absolute Gasteiger partial charge is 0.416 e. The number of rotatable bonds is 4. The minimum absolute atomic E-state index is 0.131. The van der Waals surface area contributed by atoms with E-state index < -0.39 is 11.7 Å². The fourth-order valence-corrected chi connectivity index (χ4v) is 4.95. The van der Waals surface area contributed by atoms with Gasteiger partial charge in [0.2, 0.25) is 0 Å². The van der Waals surface area contributed by atoms with Crippen LogP contribution in [0.15, 0.2) is 42.5 Å². The molecule has 0 aromatic heterocycles. The first-order valence-corrected chi connectivity index (χ1v) is 12.0. The molecule has 2 saturated heterocycles. The molecule has 0 bridgehead atoms. The van der Waals surface area contributed by atoms with E-state index in [9.17, 15) is 13.2 Å². The summed E-state index contributed by atoms with van der Waals surface area (Å²) in [6.45, 7) is 8.25. The number of halogens is 4. The molecule has 0 saturated carbocycles. The van der Waals surface area contributed by atoms with E-state index in [1.807, 2.05) is 24.3 Å². The summed E-state index contributed by atoms with van der Waals surface area (Å²) in [6.07, 6.45) is -3.35. The van der Waals surface area contributed by atoms with E-state index in [1.165, 1.54) is 6.07 Å². The number of anilines is 2. The third kappa shape index (κ3) is 5.94. The molecule has 4 rings (SSSR count). The molecule has 1 unspecified atom stereocenters. The third-order valence-electron chi connectivity index (χ3n) is 6.81. The molecule has 0 aliphatic carbocycles. The molecule has 2 aromatic carbocycles. The van der Waals surface area contributed by atoms with E-state index in [4.69, 9.17) is 11.6 Å². The van der Waals surface area contributed by atoms with Crippen LogP contribution in [-0.4, -0.2) is 68.7 Å². The molecule has 8 heteroatoms. The minimum Gasteiger partial charge on any atom is -0.370 e. The highest BCUT2D eigenvalue weighted by Gasteiger charge is 2.35. The second-order valence-electron chi connectivity index (χ2n) is 9.23. The second-order valence-corrected chi connectivity index (χ2v) is 9.66. The van der Waals surface area contributed by atoms with Gasteiger partial charge in [-0.15, -0.1) is 0 Å². The highest BCUT2D eigenvalue weighted by molar-refractivity contribution is 6.30. The lowest BCUT2D eigenvalue weighted by molar-refractivity contribution is -0.138. The number of benzene rings is 2. The average molecular weight is 481 g/mol. The summed E-state index contributed by atoms with van der Waals surface area (Å²) in [5.41, 5.74) is 1.82. The molecule has 2 heterocycles. The lowest BCUT2D eigenvalue weighted by Crippen LogP contribution is -2.51. The van der Waals surface area contributed by atoms with Crippen LogP contribution in [0.2, 0.25) is 5.02 Å². The average Bonchev–Trinajstić information content (AvgIpc) is 2.99. The van der Waals surface area contributed by atoms with Crippen molar-refractivity contribution in [3.63, 3.8) is 0 Å². The van der Waals surface area contributed by atoms with Crippen LogP contribution < -0.4 is 9.80 Å². The highest BCUT2D eigenvalue weighted by atomic mass is 35.5. The Morgan fingerprint density at radius 3 is 2.27 bits per heavy atom. The van der Waals surface area contributed by atoms with Gasteiger partial charge in [0.15, 0.2) is 0 Å². The van der Waals surface area contributed by atoms with E-state index in [0.717, 1.165) is 57.1 Å². The van der Waals surface area contributed by atoms with E-state index >= 15 is 0 Å². The van der Waals surface area contributed by atoms with Gasteiger partial charge in [0.25, 0.3) is 0 Å². The summed E-state index contributed by atoms with van der Waals surface area (Å²) in [6, 6.07) is 12.5. The Balaban J connectivity index is 1.51. The summed E-state index contributed by atoms with van der Waals surface area (Å²) in [7, 11) is 2.09. The van der Waals surface area contributed by atoms with Gasteiger partial charge in [-0.2, -0.15) is 13.2 Å². The Labute approximate surface area is 199 Å². The first-order valence-electron chi connectivity index (χ1n) is 11.6. The molecular weight excluding hydrogens is 449 g/mol. The van der Waals surface area contributed by atoms with Crippen LogP contribution in [-0.2, 0) is 12.7 Å². The van der Waals surface area contributed by atoms with Crippen molar-refractivity contribution < 1.29 is 13.2 Å². The van der Waals surface area contributed by atoms with Crippen molar-refractivity contribution in [3.8, 4) is 0 Å². The Hall–Kier alpha value is -1.96. The van der Waals surface area contributed by atoms with E-state index in [-0.39, 0.29) is 6.04 Å². The molecule has 0 radical (unpaired) electrons. The van der Waals surface area contributed by atoms with Crippen LogP contribution >= 0.6 is 11.6 Å². The molecular formula is C25H32ClF3N4. The SMILES string of the molecule is CC1CN(c2ccc(Cl)cc2)CCN1Cc1cc(N2CCCN(C)CC2)ccc1C(F)(F)F. The molecule has 2 fully saturated rings. The van der Waals surface area contributed by atoms with Crippen LogP contribution in [0, 0.1) is 0 Å². The molecule has 1 atom stereocenters. The van der Waals surface area contributed by atoms with Crippen LogP contribution in [0.5, 0.6) is 0 Å². The van der Waals surface area contributed by atoms with Gasteiger partial charge in [0.1, 0.15) is 0 Å². The van der Waals surface area contributed by atoms with Crippen molar-refractivity contribution in [2.75, 3.05) is 62.7 Å². The van der Waals surface area contributed by atoms with Gasteiger partial charge >= 0.3 is 6.18 Å². The Morgan fingerprint density at radius 2 is 1.58 bits per heavy atom. The zero-order chi connectivity index (χ0) is 23.6. The minimum atomic E-state index is -4.36. The smallest absolute Gasteiger partial charge is 0.370 e. The maximum atomic E-state index is 13.8. The van der Waals surface area contributed by atoms with E-state index in [2.05, 4.69) is 33.6 Å². The lowest BCUT2D eigenvalue weighted by Gasteiger charge is -2.41. The quantitative estimate of drug-likeness (QED) is 0.595. The predicted molar refractivity (Wildman–Crippen MR) is 129 cm³/mol. The topological polar surface area (TPSA) is 13.0 Å². The molecule has 2 aromatic rings. The first-order chi connectivity index (χ1) is 15.7. The number of piperazine rings is 1. The van der Waals surface area contributed by atoms with E-state index in [0.29, 0.717) is 23.7 Å². The highest BCUT2D eigenvalue weighted by Crippen LogP contribution is 2.35. The van der Waals surface area contributed by atoms with Crippen LogP contribution in [0.3, 0.4) is 0 Å². The molecule has 0 spiro atoms. The Bertz CT molecular complexity index is 934. The van der Waals surface area contributed by atoms with Crippen LogP contribution in [0.25, 0.3) is 0 Å². The summed E-state index contributed by atoms with van der Waals surface area (Å²) < 4.78 is 41.5. The van der Waals surface area contributed by atoms with E-state index in [1.54, 1.807) is 12.1 Å². The number of likely N-dealkylation sites (N-methyl/N-ethyl adjacent to an activating group) is 1. The monoisotopic (exact) mass is 480 g/mol. The van der Waals surface area contributed by atoms with Crippen LogP contribution in [0.1, 0.15) is 24.5 Å². The number of nitrogens with zero attached hydrogens (tertiary/aromatic N) is 4. The van der Waals surface area contributed by atoms with Crippen molar-refractivity contribution in [3.05, 3.63) is 58.6 Å². The van der Waals surface area contributed by atoms with Gasteiger partial charge in [0, 0.05) is 68.3 Å². The van der Waals surface area contributed by atoms with Gasteiger partial charge in [0.05, 0.1) is 5.56 Å². The zero-order valence-electron chi connectivity index (χ0n) is 19.3. The normalized spacial score (nSPS) is 21.3. The number of alkyl halides is 3. The molecule has 33 heavy (non-hydrogen) atoms. The predicted octanol–water partition coefficient (Wildman–Crippen LogP) is 5.21. The molecule has 4 nitrogen and oxygen atoms in total. The fraction of sp³-hybridized carbons (Fsp3) is 0.520. The molecule has 0 N–H and O–H groups in total. The van der Waals surface area contributed by atoms with Gasteiger partial charge in [-0.3, -0.25) is 4.90 Å². The molecule has 0 amide bonds. The second kappa shape index (κ2) is 10.1. The Morgan fingerprint density at radius 1 is 0.879 bits per heavy atom. The van der Waals surface area contributed by atoms with Crippen molar-refractivity contribution >= 4 is 23.0 Å². The molecule has 2 aliphatic rings. The Kier molecular flexibility index (Phi) is 7.41. The van der Waals surface area contributed by atoms with Crippen LogP contribution in [0.4, 0.5) is 24.5 Å². The van der Waals surface area contributed by atoms with Crippen molar-refractivity contribution in [2.24, 2.45) is 0 Å². The van der Waals surface area contributed by atoms with Gasteiger partial charge < -0.3 is 14.7 Å². The van der Waals surface area contributed by atoms with Crippen molar-refractivity contribution in [1.29, 1.82) is 0 Å². The number of hydrogen-bond acceptors (Lipinski definition) is 4. The number of hydrogen-bond donors (Lipinski definition) is 0. The summed E-state index contributed by atoms with van der Waals surface area (Å²) >= 11 is 6.00. The summed E-state index contributed by atoms with van der Waals surface area (Å²) in [4.78, 5) is 8.92. The van der Waals surface area contributed by atoms with Gasteiger partial charge in [-0.05, 0) is 75.0 Å². The third-order valence-corrected chi connectivity index (χ3v) is 7.06. The summed E-state index contributed by atoms with van der Waals surface area (Å²) in [5.74, 6) is 0. The fourth-order valence-electron chi connectivity index (χ4n) is 4.82.